The summed E-state index contributed by atoms with van der Waals surface area (Å²) in [5, 5.41) is 0. The highest BCUT2D eigenvalue weighted by Gasteiger charge is 2.47. The van der Waals surface area contributed by atoms with Crippen LogP contribution in [0.1, 0.15) is 47.4 Å². The third-order valence-corrected chi connectivity index (χ3v) is 7.38. The van der Waals surface area contributed by atoms with E-state index in [-0.39, 0.29) is 29.5 Å². The summed E-state index contributed by atoms with van der Waals surface area (Å²) in [7, 11) is 0. The van der Waals surface area contributed by atoms with Gasteiger partial charge in [-0.2, -0.15) is 0 Å². The maximum atomic E-state index is 13.4. The molecule has 5 heterocycles. The molecule has 0 saturated carbocycles. The summed E-state index contributed by atoms with van der Waals surface area (Å²) >= 11 is 0. The van der Waals surface area contributed by atoms with Gasteiger partial charge in [0.2, 0.25) is 0 Å². The number of hydrogen-bond donors (Lipinski definition) is 1. The van der Waals surface area contributed by atoms with Crippen LogP contribution in [0.15, 0.2) is 23.1 Å². The lowest BCUT2D eigenvalue weighted by Gasteiger charge is -2.28. The number of morpholine rings is 1. The Hall–Kier alpha value is -2.71. The van der Waals surface area contributed by atoms with Crippen molar-refractivity contribution in [1.82, 2.24) is 19.3 Å². The zero-order valence-corrected chi connectivity index (χ0v) is 17.8. The molecule has 3 saturated heterocycles. The van der Waals surface area contributed by atoms with E-state index >= 15 is 0 Å². The standard InChI is InChI=1S/C23H26N4O4/c1-12-7-17-16(8-15(12)23(29)26-10-20-13(2)19(26)11-31-20)25-22(28)18-9-24-21(27(17)18)14-3-5-30-6-4-14/h7-9,13-14,19-20H,3-6,10-11H2,1-2H3,(H,25,28)/t13-,19-,20-/m1/s1. The second-order valence-corrected chi connectivity index (χ2v) is 9.12. The van der Waals surface area contributed by atoms with E-state index in [1.54, 1.807) is 6.20 Å². The molecule has 3 aliphatic rings. The summed E-state index contributed by atoms with van der Waals surface area (Å²) in [6.45, 7) is 6.76. The fourth-order valence-electron chi connectivity index (χ4n) is 5.50. The highest BCUT2D eigenvalue weighted by molar-refractivity contribution is 5.99. The molecule has 1 amide bonds. The summed E-state index contributed by atoms with van der Waals surface area (Å²) in [5.74, 6) is 1.52. The first-order valence-electron chi connectivity index (χ1n) is 11.1. The Kier molecular flexibility index (Phi) is 4.23. The minimum atomic E-state index is -0.192. The maximum Gasteiger partial charge on any atom is 0.274 e. The third kappa shape index (κ3) is 2.78. The number of rotatable bonds is 2. The second kappa shape index (κ2) is 6.90. The molecule has 3 atom stereocenters. The highest BCUT2D eigenvalue weighted by atomic mass is 16.5. The van der Waals surface area contributed by atoms with E-state index in [1.165, 1.54) is 0 Å². The van der Waals surface area contributed by atoms with Crippen molar-refractivity contribution < 1.29 is 14.3 Å². The Bertz CT molecular complexity index is 1260. The number of likely N-dealkylation sites (tertiary alicyclic amines) is 1. The Morgan fingerprint density at radius 3 is 2.74 bits per heavy atom. The molecule has 3 fully saturated rings. The normalized spacial score (nSPS) is 26.4. The summed E-state index contributed by atoms with van der Waals surface area (Å²) in [6, 6.07) is 3.96. The Morgan fingerprint density at radius 2 is 2.03 bits per heavy atom. The van der Waals surface area contributed by atoms with Crippen molar-refractivity contribution in [2.75, 3.05) is 26.4 Å². The van der Waals surface area contributed by atoms with Gasteiger partial charge >= 0.3 is 0 Å². The number of benzene rings is 1. The molecule has 3 aliphatic heterocycles. The SMILES string of the molecule is Cc1cc2c(cc1C(=O)N1C[C@H]3OC[C@@H]1[C@H]3C)[nH]c(=O)c1cnc(C3CCOCC3)n12. The highest BCUT2D eigenvalue weighted by Crippen LogP contribution is 2.35. The van der Waals surface area contributed by atoms with Crippen molar-refractivity contribution in [2.45, 2.75) is 44.8 Å². The smallest absolute Gasteiger partial charge is 0.274 e. The lowest BCUT2D eigenvalue weighted by molar-refractivity contribution is 0.0250. The molecular weight excluding hydrogens is 396 g/mol. The average Bonchev–Trinajstić information content (AvgIpc) is 3.47. The van der Waals surface area contributed by atoms with E-state index in [1.807, 2.05) is 28.4 Å². The Balaban J connectivity index is 1.47. The largest absolute Gasteiger partial charge is 0.381 e. The van der Waals surface area contributed by atoms with E-state index in [9.17, 15) is 9.59 Å². The summed E-state index contributed by atoms with van der Waals surface area (Å²) < 4.78 is 13.2. The number of ether oxygens (including phenoxy) is 2. The number of carbonyl (C=O) groups is 1. The molecular formula is C23H26N4O4. The van der Waals surface area contributed by atoms with Gasteiger partial charge in [0.25, 0.3) is 11.5 Å². The topological polar surface area (TPSA) is 88.9 Å². The minimum absolute atomic E-state index is 0.0123. The van der Waals surface area contributed by atoms with Gasteiger partial charge in [0.1, 0.15) is 11.3 Å². The van der Waals surface area contributed by atoms with E-state index in [2.05, 4.69) is 16.9 Å². The predicted molar refractivity (Wildman–Crippen MR) is 115 cm³/mol. The van der Waals surface area contributed by atoms with Gasteiger partial charge in [0.05, 0.1) is 36.0 Å². The number of fused-ring (bicyclic) bond motifs is 5. The van der Waals surface area contributed by atoms with E-state index < -0.39 is 0 Å². The average molecular weight is 422 g/mol. The minimum Gasteiger partial charge on any atom is -0.381 e. The van der Waals surface area contributed by atoms with Gasteiger partial charge in [-0.15, -0.1) is 0 Å². The van der Waals surface area contributed by atoms with Gasteiger partial charge in [0.15, 0.2) is 0 Å². The van der Waals surface area contributed by atoms with Crippen LogP contribution in [0.25, 0.3) is 16.6 Å². The molecule has 6 rings (SSSR count). The van der Waals surface area contributed by atoms with Gasteiger partial charge in [-0.25, -0.2) is 4.98 Å². The number of aromatic amines is 1. The van der Waals surface area contributed by atoms with Crippen LogP contribution >= 0.6 is 0 Å². The van der Waals surface area contributed by atoms with Crippen LogP contribution in [0.5, 0.6) is 0 Å². The fourth-order valence-corrected chi connectivity index (χ4v) is 5.50. The van der Waals surface area contributed by atoms with Gasteiger partial charge in [-0.1, -0.05) is 6.92 Å². The van der Waals surface area contributed by atoms with Crippen molar-refractivity contribution in [3.63, 3.8) is 0 Å². The van der Waals surface area contributed by atoms with Crippen molar-refractivity contribution in [3.8, 4) is 0 Å². The first kappa shape index (κ1) is 19.0. The first-order valence-corrected chi connectivity index (χ1v) is 11.1. The van der Waals surface area contributed by atoms with Crippen LogP contribution in [-0.4, -0.2) is 63.7 Å². The lowest BCUT2D eigenvalue weighted by Crippen LogP contribution is -2.42. The van der Waals surface area contributed by atoms with Crippen molar-refractivity contribution in [3.05, 3.63) is 45.6 Å². The molecule has 0 radical (unpaired) electrons. The quantitative estimate of drug-likeness (QED) is 0.684. The number of aromatic nitrogens is 3. The fraction of sp³-hybridized carbons (Fsp3) is 0.522. The number of imidazole rings is 1. The van der Waals surface area contributed by atoms with Crippen LogP contribution in [0.4, 0.5) is 0 Å². The maximum absolute atomic E-state index is 13.4. The molecule has 31 heavy (non-hydrogen) atoms. The van der Waals surface area contributed by atoms with Gasteiger partial charge in [-0.05, 0) is 37.5 Å². The molecule has 0 spiro atoms. The van der Waals surface area contributed by atoms with Crippen LogP contribution in [0.3, 0.4) is 0 Å². The third-order valence-electron chi connectivity index (χ3n) is 7.38. The molecule has 8 nitrogen and oxygen atoms in total. The molecule has 1 aromatic carbocycles. The molecule has 0 unspecified atom stereocenters. The summed E-state index contributed by atoms with van der Waals surface area (Å²) in [4.78, 5) is 35.7. The Morgan fingerprint density at radius 1 is 1.23 bits per heavy atom. The van der Waals surface area contributed by atoms with E-state index in [4.69, 9.17) is 9.47 Å². The number of amides is 1. The number of aryl methyl sites for hydroxylation is 1. The van der Waals surface area contributed by atoms with Gasteiger partial charge in [-0.3, -0.25) is 14.0 Å². The predicted octanol–water partition coefficient (Wildman–Crippen LogP) is 2.24. The number of H-pyrrole nitrogens is 1. The summed E-state index contributed by atoms with van der Waals surface area (Å²) in [5.41, 5.74) is 3.41. The number of nitrogens with zero attached hydrogens (tertiary/aromatic N) is 3. The van der Waals surface area contributed by atoms with Crippen molar-refractivity contribution in [2.24, 2.45) is 5.92 Å². The number of carbonyl (C=O) groups excluding carboxylic acids is 1. The molecule has 8 heteroatoms. The molecule has 1 N–H and O–H groups in total. The van der Waals surface area contributed by atoms with Crippen LogP contribution < -0.4 is 5.56 Å². The second-order valence-electron chi connectivity index (χ2n) is 9.12. The summed E-state index contributed by atoms with van der Waals surface area (Å²) in [6.07, 6.45) is 3.56. The molecule has 3 aromatic rings. The number of nitrogens with one attached hydrogen (secondary N) is 1. The van der Waals surface area contributed by atoms with Crippen LogP contribution in [0, 0.1) is 12.8 Å². The first-order chi connectivity index (χ1) is 15.0. The Labute approximate surface area is 179 Å². The zero-order chi connectivity index (χ0) is 21.3. The van der Waals surface area contributed by atoms with Crippen LogP contribution in [-0.2, 0) is 9.47 Å². The van der Waals surface area contributed by atoms with E-state index in [0.717, 1.165) is 29.7 Å². The molecule has 162 valence electrons. The van der Waals surface area contributed by atoms with Crippen molar-refractivity contribution in [1.29, 1.82) is 0 Å². The van der Waals surface area contributed by atoms with Gasteiger partial charge in [0, 0.05) is 37.2 Å². The van der Waals surface area contributed by atoms with Crippen LogP contribution in [0.2, 0.25) is 0 Å². The van der Waals surface area contributed by atoms with E-state index in [0.29, 0.717) is 48.9 Å². The molecule has 2 bridgehead atoms. The monoisotopic (exact) mass is 422 g/mol. The molecule has 0 aliphatic carbocycles. The number of hydrogen-bond acceptors (Lipinski definition) is 5. The lowest BCUT2D eigenvalue weighted by atomic mass is 9.99. The van der Waals surface area contributed by atoms with Gasteiger partial charge < -0.3 is 19.4 Å². The van der Waals surface area contributed by atoms with Crippen molar-refractivity contribution >= 4 is 22.5 Å². The zero-order valence-electron chi connectivity index (χ0n) is 17.8. The molecule has 2 aromatic heterocycles.